The zero-order valence-corrected chi connectivity index (χ0v) is 6.14. The summed E-state index contributed by atoms with van der Waals surface area (Å²) in [6.07, 6.45) is 0. The lowest BCUT2D eigenvalue weighted by atomic mass is 10.2. The fraction of sp³-hybridized carbons (Fsp3) is 0. The minimum atomic E-state index is -0.339. The minimum Gasteiger partial charge on any atom is -0.451 e. The molecular formula is C7H2O3S. The van der Waals surface area contributed by atoms with Gasteiger partial charge in [-0.3, -0.25) is 0 Å². The predicted octanol–water partition coefficient (Wildman–Crippen LogP) is 1.69. The maximum Gasteiger partial charge on any atom is 0.347 e. The number of ether oxygens (including phenoxy) is 1. The molecule has 0 aliphatic carbocycles. The molecule has 0 radical (unpaired) electrons. The van der Waals surface area contributed by atoms with Crippen LogP contribution in [0.1, 0.15) is 10.4 Å². The van der Waals surface area contributed by atoms with Crippen LogP contribution in [0.15, 0.2) is 15.4 Å². The van der Waals surface area contributed by atoms with Crippen molar-refractivity contribution < 1.29 is 13.9 Å². The molecule has 0 fully saturated rings. The van der Waals surface area contributed by atoms with E-state index in [4.69, 9.17) is 9.15 Å². The van der Waals surface area contributed by atoms with Crippen LogP contribution in [0.5, 0.6) is 5.75 Å². The Morgan fingerprint density at radius 3 is 2.91 bits per heavy atom. The van der Waals surface area contributed by atoms with E-state index in [9.17, 15) is 4.79 Å². The van der Waals surface area contributed by atoms with Crippen molar-refractivity contribution in [3.8, 4) is 5.75 Å². The Labute approximate surface area is 66.7 Å². The zero-order valence-electron chi connectivity index (χ0n) is 5.25. The van der Waals surface area contributed by atoms with Gasteiger partial charge in [-0.05, 0) is 0 Å². The first-order valence-corrected chi connectivity index (χ1v) is 3.52. The lowest BCUT2D eigenvalue weighted by Crippen LogP contribution is -1.98. The van der Waals surface area contributed by atoms with Crippen molar-refractivity contribution in [3.63, 3.8) is 0 Å². The van der Waals surface area contributed by atoms with Crippen molar-refractivity contribution >= 4 is 29.8 Å². The first-order chi connectivity index (χ1) is 5.27. The molecule has 3 heterocycles. The largest absolute Gasteiger partial charge is 0.451 e. The zero-order chi connectivity index (χ0) is 7.59. The number of carbonyl (C=O) groups excluding carboxylic acids is 1. The molecule has 2 aromatic heterocycles. The number of thiol groups is 1. The van der Waals surface area contributed by atoms with Gasteiger partial charge in [0.15, 0.2) is 11.3 Å². The summed E-state index contributed by atoms with van der Waals surface area (Å²) in [7, 11) is 0. The molecule has 4 heteroatoms. The molecule has 3 nitrogen and oxygen atoms in total. The number of esters is 1. The van der Waals surface area contributed by atoms with E-state index in [1.54, 1.807) is 6.07 Å². The van der Waals surface area contributed by atoms with Gasteiger partial charge < -0.3 is 9.15 Å². The smallest absolute Gasteiger partial charge is 0.347 e. The van der Waals surface area contributed by atoms with E-state index >= 15 is 0 Å². The summed E-state index contributed by atoms with van der Waals surface area (Å²) in [6.45, 7) is 0. The van der Waals surface area contributed by atoms with Gasteiger partial charge >= 0.3 is 5.97 Å². The quantitative estimate of drug-likeness (QED) is 0.478. The summed E-state index contributed by atoms with van der Waals surface area (Å²) in [5, 5.41) is 0. The SMILES string of the molecule is O=C1Oc2c(S)c3cc1c2o3. The number of benzene rings is 1. The lowest BCUT2D eigenvalue weighted by molar-refractivity contribution is 0.0752. The molecule has 0 saturated carbocycles. The molecule has 1 aliphatic rings. The molecule has 2 bridgehead atoms. The summed E-state index contributed by atoms with van der Waals surface area (Å²) in [6, 6.07) is 1.65. The highest BCUT2D eigenvalue weighted by Gasteiger charge is 2.33. The second-order valence-electron chi connectivity index (χ2n) is 2.42. The van der Waals surface area contributed by atoms with E-state index in [1.165, 1.54) is 0 Å². The van der Waals surface area contributed by atoms with Gasteiger partial charge in [-0.25, -0.2) is 4.79 Å². The highest BCUT2D eigenvalue weighted by Crippen LogP contribution is 2.45. The molecule has 0 N–H and O–H groups in total. The van der Waals surface area contributed by atoms with Crippen molar-refractivity contribution in [2.24, 2.45) is 0 Å². The van der Waals surface area contributed by atoms with Crippen molar-refractivity contribution in [3.05, 3.63) is 11.6 Å². The maximum atomic E-state index is 11.0. The van der Waals surface area contributed by atoms with E-state index in [2.05, 4.69) is 12.6 Å². The second kappa shape index (κ2) is 1.38. The molecule has 0 amide bonds. The number of fused-ring (bicyclic) bond motifs is 1. The molecule has 11 heavy (non-hydrogen) atoms. The fourth-order valence-corrected chi connectivity index (χ4v) is 1.55. The van der Waals surface area contributed by atoms with Crippen LogP contribution >= 0.6 is 12.6 Å². The number of hydrogen-bond donors (Lipinski definition) is 1. The summed E-state index contributed by atoms with van der Waals surface area (Å²) in [5.41, 5.74) is 1.68. The Morgan fingerprint density at radius 1 is 1.45 bits per heavy atom. The topological polar surface area (TPSA) is 39.4 Å². The van der Waals surface area contributed by atoms with Crippen LogP contribution in [0.3, 0.4) is 0 Å². The summed E-state index contributed by atoms with van der Waals surface area (Å²) in [4.78, 5) is 11.6. The van der Waals surface area contributed by atoms with E-state index in [-0.39, 0.29) is 5.97 Å². The first kappa shape index (κ1) is 5.49. The van der Waals surface area contributed by atoms with Crippen molar-refractivity contribution in [1.29, 1.82) is 0 Å². The lowest BCUT2D eigenvalue weighted by Gasteiger charge is -1.88. The molecular weight excluding hydrogens is 164 g/mol. The van der Waals surface area contributed by atoms with E-state index in [1.807, 2.05) is 0 Å². The van der Waals surface area contributed by atoms with Gasteiger partial charge in [0.05, 0.1) is 4.90 Å². The number of furan rings is 2. The average Bonchev–Trinajstić information content (AvgIpc) is 2.53. The Morgan fingerprint density at radius 2 is 2.27 bits per heavy atom. The maximum absolute atomic E-state index is 11.0. The van der Waals surface area contributed by atoms with Crippen LogP contribution in [-0.4, -0.2) is 5.97 Å². The van der Waals surface area contributed by atoms with Gasteiger partial charge in [0.1, 0.15) is 11.1 Å². The van der Waals surface area contributed by atoms with Crippen LogP contribution < -0.4 is 4.74 Å². The standard InChI is InChI=1S/C7H2O3S/c8-7-2-1-3-6(11)5(10-7)4(2)9-3/h1,11H. The molecule has 0 saturated heterocycles. The molecule has 54 valence electrons. The Balaban J connectivity index is 2.60. The van der Waals surface area contributed by atoms with Gasteiger partial charge in [0.2, 0.25) is 0 Å². The number of hydrogen-bond acceptors (Lipinski definition) is 4. The van der Waals surface area contributed by atoms with Crippen LogP contribution in [0.4, 0.5) is 0 Å². The molecule has 2 aromatic rings. The van der Waals surface area contributed by atoms with Gasteiger partial charge in [-0.1, -0.05) is 0 Å². The highest BCUT2D eigenvalue weighted by molar-refractivity contribution is 7.80. The Kier molecular flexibility index (Phi) is 0.688. The molecule has 0 spiro atoms. The summed E-state index contributed by atoms with van der Waals surface area (Å²) < 4.78 is 10.1. The van der Waals surface area contributed by atoms with Gasteiger partial charge in [0, 0.05) is 6.07 Å². The molecule has 0 atom stereocenters. The van der Waals surface area contributed by atoms with Gasteiger partial charge in [-0.15, -0.1) is 12.6 Å². The first-order valence-electron chi connectivity index (χ1n) is 3.07. The minimum absolute atomic E-state index is 0.339. The van der Waals surface area contributed by atoms with Crippen molar-refractivity contribution in [2.45, 2.75) is 4.90 Å². The Hall–Kier alpha value is -1.16. The van der Waals surface area contributed by atoms with E-state index in [0.29, 0.717) is 27.4 Å². The van der Waals surface area contributed by atoms with Gasteiger partial charge in [0.25, 0.3) is 0 Å². The summed E-state index contributed by atoms with van der Waals surface area (Å²) in [5.74, 6) is 0.139. The van der Waals surface area contributed by atoms with Crippen LogP contribution in [0.25, 0.3) is 11.2 Å². The molecule has 3 rings (SSSR count). The van der Waals surface area contributed by atoms with Crippen molar-refractivity contribution in [1.82, 2.24) is 0 Å². The monoisotopic (exact) mass is 166 g/mol. The normalized spacial score (nSPS) is 14.8. The number of carbonyl (C=O) groups is 1. The fourth-order valence-electron chi connectivity index (χ4n) is 1.29. The molecule has 0 unspecified atom stereocenters. The van der Waals surface area contributed by atoms with Gasteiger partial charge in [-0.2, -0.15) is 0 Å². The molecule has 0 aromatic carbocycles. The third kappa shape index (κ3) is 0.435. The second-order valence-corrected chi connectivity index (χ2v) is 2.87. The summed E-state index contributed by atoms with van der Waals surface area (Å²) >= 11 is 4.12. The average molecular weight is 166 g/mol. The Bertz CT molecular complexity index is 457. The van der Waals surface area contributed by atoms with Crippen molar-refractivity contribution in [2.75, 3.05) is 0 Å². The predicted molar refractivity (Wildman–Crippen MR) is 39.6 cm³/mol. The highest BCUT2D eigenvalue weighted by atomic mass is 32.1. The third-order valence-electron chi connectivity index (χ3n) is 1.80. The number of rotatable bonds is 0. The van der Waals surface area contributed by atoms with E-state index in [0.717, 1.165) is 0 Å². The van der Waals surface area contributed by atoms with Crippen LogP contribution in [0.2, 0.25) is 0 Å². The van der Waals surface area contributed by atoms with E-state index < -0.39 is 0 Å². The third-order valence-corrected chi connectivity index (χ3v) is 2.22. The van der Waals surface area contributed by atoms with Crippen LogP contribution in [0, 0.1) is 0 Å². The molecule has 1 aliphatic heterocycles. The van der Waals surface area contributed by atoms with Crippen LogP contribution in [-0.2, 0) is 0 Å².